The molecular formula is C16H14F3NO3. The molecule has 0 spiro atoms. The van der Waals surface area contributed by atoms with Gasteiger partial charge in [-0.2, -0.15) is 13.2 Å². The fourth-order valence-electron chi connectivity index (χ4n) is 1.72. The van der Waals surface area contributed by atoms with Crippen LogP contribution in [0.3, 0.4) is 0 Å². The van der Waals surface area contributed by atoms with Crippen molar-refractivity contribution in [3.63, 3.8) is 0 Å². The Morgan fingerprint density at radius 1 is 1.13 bits per heavy atom. The first-order chi connectivity index (χ1) is 10.9. The molecule has 0 fully saturated rings. The van der Waals surface area contributed by atoms with Gasteiger partial charge >= 0.3 is 12.1 Å². The lowest BCUT2D eigenvalue weighted by atomic mass is 10.2. The van der Waals surface area contributed by atoms with Crippen LogP contribution in [0.2, 0.25) is 0 Å². The van der Waals surface area contributed by atoms with Gasteiger partial charge in [-0.25, -0.2) is 4.98 Å². The summed E-state index contributed by atoms with van der Waals surface area (Å²) in [7, 11) is 0. The van der Waals surface area contributed by atoms with Gasteiger partial charge in [0.15, 0.2) is 0 Å². The summed E-state index contributed by atoms with van der Waals surface area (Å²) in [4.78, 5) is 14.8. The van der Waals surface area contributed by atoms with Gasteiger partial charge in [0.05, 0.1) is 0 Å². The van der Waals surface area contributed by atoms with Gasteiger partial charge in [-0.05, 0) is 12.1 Å². The fourth-order valence-corrected chi connectivity index (χ4v) is 1.72. The number of alkyl halides is 3. The third-order valence-corrected chi connectivity index (χ3v) is 2.87. The van der Waals surface area contributed by atoms with Crippen LogP contribution in [0.4, 0.5) is 13.2 Å². The van der Waals surface area contributed by atoms with Gasteiger partial charge in [-0.1, -0.05) is 31.2 Å². The van der Waals surface area contributed by atoms with Crippen molar-refractivity contribution < 1.29 is 27.4 Å². The Balaban J connectivity index is 2.11. The van der Waals surface area contributed by atoms with E-state index in [0.717, 1.165) is 6.07 Å². The van der Waals surface area contributed by atoms with Crippen molar-refractivity contribution in [2.24, 2.45) is 0 Å². The molecule has 0 radical (unpaired) electrons. The lowest BCUT2D eigenvalue weighted by molar-refractivity contribution is -0.141. The molecule has 0 saturated carbocycles. The molecule has 1 aromatic carbocycles. The molecule has 0 aliphatic carbocycles. The molecule has 0 unspecified atom stereocenters. The minimum atomic E-state index is -4.53. The molecule has 2 rings (SSSR count). The zero-order valence-corrected chi connectivity index (χ0v) is 12.3. The SMILES string of the molecule is CCC(=O)Oc1ccccc1COc1cccc(C(F)(F)F)n1. The van der Waals surface area contributed by atoms with Gasteiger partial charge in [0.25, 0.3) is 0 Å². The first kappa shape index (κ1) is 16.8. The average Bonchev–Trinajstić information content (AvgIpc) is 2.53. The lowest BCUT2D eigenvalue weighted by Gasteiger charge is -2.11. The second-order valence-electron chi connectivity index (χ2n) is 4.58. The number of carbonyl (C=O) groups excluding carboxylic acids is 1. The summed E-state index contributed by atoms with van der Waals surface area (Å²) in [6, 6.07) is 10.1. The second kappa shape index (κ2) is 7.13. The van der Waals surface area contributed by atoms with E-state index in [4.69, 9.17) is 9.47 Å². The zero-order valence-electron chi connectivity index (χ0n) is 12.3. The van der Waals surface area contributed by atoms with Crippen molar-refractivity contribution in [1.82, 2.24) is 4.98 Å². The highest BCUT2D eigenvalue weighted by molar-refractivity contribution is 5.72. The lowest BCUT2D eigenvalue weighted by Crippen LogP contribution is -2.10. The quantitative estimate of drug-likeness (QED) is 0.616. The Morgan fingerprint density at radius 2 is 1.87 bits per heavy atom. The number of pyridine rings is 1. The highest BCUT2D eigenvalue weighted by Crippen LogP contribution is 2.29. The molecular weight excluding hydrogens is 311 g/mol. The zero-order chi connectivity index (χ0) is 16.9. The Labute approximate surface area is 130 Å². The van der Waals surface area contributed by atoms with Crippen LogP contribution in [0.1, 0.15) is 24.6 Å². The van der Waals surface area contributed by atoms with E-state index in [0.29, 0.717) is 11.3 Å². The number of halogens is 3. The number of esters is 1. The van der Waals surface area contributed by atoms with Crippen LogP contribution in [0.5, 0.6) is 11.6 Å². The third kappa shape index (κ3) is 4.70. The molecule has 0 atom stereocenters. The first-order valence-corrected chi connectivity index (χ1v) is 6.85. The van der Waals surface area contributed by atoms with Gasteiger partial charge in [0, 0.05) is 18.1 Å². The molecule has 122 valence electrons. The number of ether oxygens (including phenoxy) is 2. The topological polar surface area (TPSA) is 48.4 Å². The first-order valence-electron chi connectivity index (χ1n) is 6.85. The van der Waals surface area contributed by atoms with Crippen molar-refractivity contribution in [1.29, 1.82) is 0 Å². The van der Waals surface area contributed by atoms with E-state index in [9.17, 15) is 18.0 Å². The van der Waals surface area contributed by atoms with Crippen LogP contribution in [-0.2, 0) is 17.6 Å². The number of benzene rings is 1. The standard InChI is InChI=1S/C16H14F3NO3/c1-2-15(21)23-12-7-4-3-6-11(12)10-22-14-9-5-8-13(20-14)16(17,18)19/h3-9H,2,10H2,1H3. The van der Waals surface area contributed by atoms with E-state index in [-0.39, 0.29) is 18.9 Å². The van der Waals surface area contributed by atoms with Gasteiger partial charge < -0.3 is 9.47 Å². The van der Waals surface area contributed by atoms with Crippen LogP contribution >= 0.6 is 0 Å². The van der Waals surface area contributed by atoms with Gasteiger partial charge in [0.1, 0.15) is 18.1 Å². The van der Waals surface area contributed by atoms with E-state index >= 15 is 0 Å². The minimum Gasteiger partial charge on any atom is -0.473 e. The normalized spacial score (nSPS) is 11.1. The van der Waals surface area contributed by atoms with Crippen LogP contribution in [-0.4, -0.2) is 11.0 Å². The molecule has 1 aromatic heterocycles. The van der Waals surface area contributed by atoms with Crippen LogP contribution in [0.25, 0.3) is 0 Å². The predicted octanol–water partition coefficient (Wildman–Crippen LogP) is 3.99. The number of hydrogen-bond acceptors (Lipinski definition) is 4. The summed E-state index contributed by atoms with van der Waals surface area (Å²) < 4.78 is 48.2. The molecule has 4 nitrogen and oxygen atoms in total. The van der Waals surface area contributed by atoms with Crippen molar-refractivity contribution >= 4 is 5.97 Å². The van der Waals surface area contributed by atoms with Crippen molar-refractivity contribution in [3.8, 4) is 11.6 Å². The number of rotatable bonds is 5. The van der Waals surface area contributed by atoms with Crippen LogP contribution in [0.15, 0.2) is 42.5 Å². The summed E-state index contributed by atoms with van der Waals surface area (Å²) in [6.45, 7) is 1.59. The van der Waals surface area contributed by atoms with E-state index in [2.05, 4.69) is 4.98 Å². The van der Waals surface area contributed by atoms with E-state index in [1.165, 1.54) is 12.1 Å². The molecule has 0 bridgehead atoms. The van der Waals surface area contributed by atoms with Gasteiger partial charge in [0.2, 0.25) is 5.88 Å². The van der Waals surface area contributed by atoms with Crippen LogP contribution in [0, 0.1) is 0 Å². The van der Waals surface area contributed by atoms with E-state index in [1.54, 1.807) is 31.2 Å². The second-order valence-corrected chi connectivity index (χ2v) is 4.58. The molecule has 7 heteroatoms. The smallest absolute Gasteiger partial charge is 0.433 e. The Morgan fingerprint density at radius 3 is 2.57 bits per heavy atom. The maximum absolute atomic E-state index is 12.6. The molecule has 0 saturated heterocycles. The largest absolute Gasteiger partial charge is 0.473 e. The molecule has 23 heavy (non-hydrogen) atoms. The molecule has 0 amide bonds. The Kier molecular flexibility index (Phi) is 5.20. The molecule has 2 aromatic rings. The molecule has 0 aliphatic rings. The maximum Gasteiger partial charge on any atom is 0.433 e. The summed E-state index contributed by atoms with van der Waals surface area (Å²) >= 11 is 0. The van der Waals surface area contributed by atoms with Crippen molar-refractivity contribution in [2.45, 2.75) is 26.1 Å². The highest BCUT2D eigenvalue weighted by atomic mass is 19.4. The van der Waals surface area contributed by atoms with Gasteiger partial charge in [-0.3, -0.25) is 4.79 Å². The van der Waals surface area contributed by atoms with Gasteiger partial charge in [-0.15, -0.1) is 0 Å². The average molecular weight is 325 g/mol. The Hall–Kier alpha value is -2.57. The van der Waals surface area contributed by atoms with Crippen molar-refractivity contribution in [3.05, 3.63) is 53.7 Å². The van der Waals surface area contributed by atoms with Crippen LogP contribution < -0.4 is 9.47 Å². The third-order valence-electron chi connectivity index (χ3n) is 2.87. The number of carbonyl (C=O) groups is 1. The summed E-state index contributed by atoms with van der Waals surface area (Å²) in [6.07, 6.45) is -4.32. The number of para-hydroxylation sites is 1. The predicted molar refractivity (Wildman–Crippen MR) is 75.9 cm³/mol. The molecule has 0 aliphatic heterocycles. The monoisotopic (exact) mass is 325 g/mol. The molecule has 0 N–H and O–H groups in total. The molecule has 1 heterocycles. The summed E-state index contributed by atoms with van der Waals surface area (Å²) in [5, 5.41) is 0. The minimum absolute atomic E-state index is 0.0680. The number of aromatic nitrogens is 1. The summed E-state index contributed by atoms with van der Waals surface area (Å²) in [5.74, 6) is -0.252. The van der Waals surface area contributed by atoms with Crippen molar-refractivity contribution in [2.75, 3.05) is 0 Å². The highest BCUT2D eigenvalue weighted by Gasteiger charge is 2.32. The fraction of sp³-hybridized carbons (Fsp3) is 0.250. The number of hydrogen-bond donors (Lipinski definition) is 0. The summed E-state index contributed by atoms with van der Waals surface area (Å²) in [5.41, 5.74) is -0.491. The van der Waals surface area contributed by atoms with E-state index < -0.39 is 17.8 Å². The number of nitrogens with zero attached hydrogens (tertiary/aromatic N) is 1. The Bertz CT molecular complexity index is 686. The maximum atomic E-state index is 12.6. The van der Waals surface area contributed by atoms with E-state index in [1.807, 2.05) is 0 Å².